The van der Waals surface area contributed by atoms with Crippen LogP contribution in [0.5, 0.6) is 0 Å². The number of benzene rings is 2. The number of hydrogen-bond donors (Lipinski definition) is 3. The van der Waals surface area contributed by atoms with Crippen molar-refractivity contribution in [3.63, 3.8) is 0 Å². The van der Waals surface area contributed by atoms with E-state index in [2.05, 4.69) is 35.8 Å². The number of anilines is 2. The topological polar surface area (TPSA) is 169 Å². The van der Waals surface area contributed by atoms with Crippen molar-refractivity contribution in [1.82, 2.24) is 25.1 Å². The molecule has 0 saturated heterocycles. The first-order chi connectivity index (χ1) is 20.9. The molecular formula is C28H23N7O5S3. The van der Waals surface area contributed by atoms with Gasteiger partial charge in [0.05, 0.1) is 23.6 Å². The van der Waals surface area contributed by atoms with E-state index in [0.717, 1.165) is 34.3 Å². The van der Waals surface area contributed by atoms with E-state index in [4.69, 9.17) is 4.74 Å². The summed E-state index contributed by atoms with van der Waals surface area (Å²) in [6, 6.07) is 19.1. The van der Waals surface area contributed by atoms with Gasteiger partial charge in [-0.2, -0.15) is 0 Å². The number of nitrogens with zero attached hydrogens (tertiary/aromatic N) is 4. The lowest BCUT2D eigenvalue weighted by molar-refractivity contribution is -0.147. The van der Waals surface area contributed by atoms with E-state index >= 15 is 0 Å². The minimum atomic E-state index is -0.673. The minimum Gasteiger partial charge on any atom is -0.456 e. The van der Waals surface area contributed by atoms with Crippen LogP contribution in [0, 0.1) is 0 Å². The van der Waals surface area contributed by atoms with Crippen molar-refractivity contribution < 1.29 is 19.1 Å². The highest BCUT2D eigenvalue weighted by atomic mass is 32.2. The van der Waals surface area contributed by atoms with Crippen LogP contribution in [-0.4, -0.2) is 55.3 Å². The van der Waals surface area contributed by atoms with Crippen LogP contribution in [0.15, 0.2) is 81.4 Å². The second-order valence-corrected chi connectivity index (χ2v) is 11.4. The Morgan fingerprint density at radius 1 is 0.814 bits per heavy atom. The first-order valence-corrected chi connectivity index (χ1v) is 15.5. The highest BCUT2D eigenvalue weighted by molar-refractivity contribution is 7.99. The Morgan fingerprint density at radius 2 is 1.40 bits per heavy atom. The number of carbonyl (C=O) groups is 3. The van der Waals surface area contributed by atoms with E-state index in [1.165, 1.54) is 22.7 Å². The summed E-state index contributed by atoms with van der Waals surface area (Å²) < 4.78 is 5.01. The van der Waals surface area contributed by atoms with Gasteiger partial charge in [-0.1, -0.05) is 72.4 Å². The number of rotatable bonds is 12. The highest BCUT2D eigenvalue weighted by Crippen LogP contribution is 2.25. The molecular weight excluding hydrogens is 611 g/mol. The summed E-state index contributed by atoms with van der Waals surface area (Å²) in [7, 11) is 0. The van der Waals surface area contributed by atoms with Crippen LogP contribution in [0.4, 0.5) is 10.3 Å². The second-order valence-electron chi connectivity index (χ2n) is 8.76. The molecule has 0 unspecified atom stereocenters. The highest BCUT2D eigenvalue weighted by Gasteiger charge is 2.14. The van der Waals surface area contributed by atoms with Gasteiger partial charge in [0, 0.05) is 28.3 Å². The van der Waals surface area contributed by atoms with E-state index in [9.17, 15) is 19.2 Å². The maximum absolute atomic E-state index is 12.4. The molecule has 0 saturated carbocycles. The number of thioether (sulfide) groups is 1. The fraction of sp³-hybridized carbons (Fsp3) is 0.143. The number of thiazole rings is 2. The van der Waals surface area contributed by atoms with Crippen molar-refractivity contribution >= 4 is 62.5 Å². The van der Waals surface area contributed by atoms with Gasteiger partial charge in [0.1, 0.15) is 5.69 Å². The number of aromatic amines is 1. The van der Waals surface area contributed by atoms with Crippen LogP contribution in [0.1, 0.15) is 12.1 Å². The Kier molecular flexibility index (Phi) is 9.99. The molecule has 0 atom stereocenters. The zero-order chi connectivity index (χ0) is 30.0. The molecule has 0 radical (unpaired) electrons. The smallest absolute Gasteiger partial charge is 0.306 e. The average Bonchev–Trinajstić information content (AvgIpc) is 3.69. The van der Waals surface area contributed by atoms with Gasteiger partial charge in [-0.3, -0.25) is 29.5 Å². The number of hydrogen-bond acceptors (Lipinski definition) is 12. The van der Waals surface area contributed by atoms with Gasteiger partial charge in [-0.05, 0) is 0 Å². The number of amides is 2. The molecule has 0 aliphatic carbocycles. The summed E-state index contributed by atoms with van der Waals surface area (Å²) in [5.74, 6) is -1.54. The quantitative estimate of drug-likeness (QED) is 0.133. The van der Waals surface area contributed by atoms with E-state index in [0.29, 0.717) is 10.3 Å². The van der Waals surface area contributed by atoms with Gasteiger partial charge in [-0.15, -0.1) is 32.9 Å². The fourth-order valence-electron chi connectivity index (χ4n) is 3.60. The van der Waals surface area contributed by atoms with Crippen molar-refractivity contribution in [3.05, 3.63) is 87.5 Å². The Bertz CT molecular complexity index is 1770. The third-order valence-electron chi connectivity index (χ3n) is 5.65. The molecule has 5 rings (SSSR count). The van der Waals surface area contributed by atoms with E-state index in [-0.39, 0.29) is 35.4 Å². The number of aryl methyl sites for hydroxylation is 1. The molecule has 43 heavy (non-hydrogen) atoms. The third-order valence-corrected chi connectivity index (χ3v) is 8.03. The summed E-state index contributed by atoms with van der Waals surface area (Å²) in [4.78, 5) is 60.4. The molecule has 0 bridgehead atoms. The largest absolute Gasteiger partial charge is 0.456 e. The normalized spacial score (nSPS) is 10.7. The Balaban J connectivity index is 1.02. The lowest BCUT2D eigenvalue weighted by atomic mass is 10.2. The molecule has 5 aromatic rings. The molecule has 3 N–H and O–H groups in total. The Hall–Kier alpha value is -4.73. The number of aromatic nitrogens is 5. The summed E-state index contributed by atoms with van der Waals surface area (Å²) in [5.41, 5.74) is 2.86. The monoisotopic (exact) mass is 633 g/mol. The predicted octanol–water partition coefficient (Wildman–Crippen LogP) is 4.26. The first-order valence-electron chi connectivity index (χ1n) is 12.8. The molecule has 0 aliphatic rings. The zero-order valence-corrected chi connectivity index (χ0v) is 24.8. The maximum Gasteiger partial charge on any atom is 0.306 e. The van der Waals surface area contributed by atoms with Gasteiger partial charge in [-0.25, -0.2) is 9.97 Å². The molecule has 3 aromatic heterocycles. The molecule has 0 fully saturated rings. The third kappa shape index (κ3) is 8.64. The van der Waals surface area contributed by atoms with Crippen molar-refractivity contribution in [3.8, 4) is 22.5 Å². The summed E-state index contributed by atoms with van der Waals surface area (Å²) in [6.45, 7) is -0.493. The van der Waals surface area contributed by atoms with Gasteiger partial charge in [0.2, 0.25) is 5.91 Å². The molecule has 218 valence electrons. The lowest BCUT2D eigenvalue weighted by Gasteiger charge is -2.05. The average molecular weight is 634 g/mol. The molecule has 0 aliphatic heterocycles. The Labute approximate surface area is 257 Å². The van der Waals surface area contributed by atoms with Crippen LogP contribution < -0.4 is 16.2 Å². The van der Waals surface area contributed by atoms with Crippen molar-refractivity contribution in [2.24, 2.45) is 0 Å². The van der Waals surface area contributed by atoms with Crippen LogP contribution in [0.25, 0.3) is 22.5 Å². The van der Waals surface area contributed by atoms with Crippen LogP contribution in [0.2, 0.25) is 0 Å². The summed E-state index contributed by atoms with van der Waals surface area (Å²) in [6.07, 6.45) is -0.205. The van der Waals surface area contributed by atoms with Crippen molar-refractivity contribution in [2.75, 3.05) is 23.0 Å². The first kappa shape index (κ1) is 29.8. The van der Waals surface area contributed by atoms with Gasteiger partial charge >= 0.3 is 5.97 Å². The molecule has 15 heteroatoms. The number of carbonyl (C=O) groups excluding carboxylic acids is 3. The maximum atomic E-state index is 12.4. The number of H-pyrrole nitrogens is 1. The summed E-state index contributed by atoms with van der Waals surface area (Å²) in [5, 5.41) is 17.8. The predicted molar refractivity (Wildman–Crippen MR) is 165 cm³/mol. The van der Waals surface area contributed by atoms with Crippen molar-refractivity contribution in [1.29, 1.82) is 0 Å². The van der Waals surface area contributed by atoms with Crippen LogP contribution in [0.3, 0.4) is 0 Å². The molecule has 3 heterocycles. The second kappa shape index (κ2) is 14.4. The standard InChI is InChI=1S/C28H23N7O5S3/c36-22(31-26-29-20(14-41-26)17-7-3-1-4-8-17)13-40-24(38)12-11-19-25(39)33-28(35-34-19)43-16-23(37)32-27-30-21(15-42-27)18-9-5-2-6-10-18/h1-10,14-15H,11-13,16H2,(H,29,31,36)(H,30,32,37)(H,33,35,39). The molecule has 2 amide bonds. The van der Waals surface area contributed by atoms with Gasteiger partial charge in [0.15, 0.2) is 22.0 Å². The van der Waals surface area contributed by atoms with Crippen molar-refractivity contribution in [2.45, 2.75) is 18.0 Å². The van der Waals surface area contributed by atoms with Gasteiger partial charge < -0.3 is 10.1 Å². The number of nitrogens with one attached hydrogen (secondary N) is 3. The van der Waals surface area contributed by atoms with Crippen LogP contribution in [-0.2, 0) is 25.5 Å². The lowest BCUT2D eigenvalue weighted by Crippen LogP contribution is -2.22. The number of ether oxygens (including phenoxy) is 1. The van der Waals surface area contributed by atoms with E-state index in [1.54, 1.807) is 0 Å². The van der Waals surface area contributed by atoms with Gasteiger partial charge in [0.25, 0.3) is 11.5 Å². The summed E-state index contributed by atoms with van der Waals surface area (Å²) >= 11 is 3.58. The fourth-order valence-corrected chi connectivity index (χ4v) is 5.68. The van der Waals surface area contributed by atoms with E-state index < -0.39 is 24.0 Å². The van der Waals surface area contributed by atoms with Crippen LogP contribution >= 0.6 is 34.4 Å². The molecule has 0 spiro atoms. The molecule has 12 nitrogen and oxygen atoms in total. The SMILES string of the molecule is O=C(COC(=O)CCc1nnc(SCC(=O)Nc2nc(-c3ccccc3)cs2)[nH]c1=O)Nc1nc(-c2ccccc2)cs1. The zero-order valence-electron chi connectivity index (χ0n) is 22.3. The molecule has 2 aromatic carbocycles. The minimum absolute atomic E-state index is 0.0207. The number of esters is 1. The van der Waals surface area contributed by atoms with E-state index in [1.807, 2.05) is 71.4 Å². The Morgan fingerprint density at radius 3 is 1.98 bits per heavy atom.